The van der Waals surface area contributed by atoms with Gasteiger partial charge in [0.2, 0.25) is 5.91 Å². The van der Waals surface area contributed by atoms with Gasteiger partial charge in [-0.1, -0.05) is 0 Å². The zero-order valence-corrected chi connectivity index (χ0v) is 12.1. The molecule has 1 aromatic rings. The van der Waals surface area contributed by atoms with Crippen LogP contribution in [0.15, 0.2) is 18.3 Å². The molecule has 0 aliphatic heterocycles. The molecule has 0 saturated heterocycles. The second-order valence-corrected chi connectivity index (χ2v) is 5.44. The number of carbonyl (C=O) groups is 2. The lowest BCUT2D eigenvalue weighted by Gasteiger charge is -2.27. The maximum atomic E-state index is 11.9. The summed E-state index contributed by atoms with van der Waals surface area (Å²) in [6.07, 6.45) is 4.89. The van der Waals surface area contributed by atoms with Crippen LogP contribution < -0.4 is 10.6 Å². The largest absolute Gasteiger partial charge is 0.506 e. The van der Waals surface area contributed by atoms with Gasteiger partial charge in [0.15, 0.2) is 0 Å². The second-order valence-electron chi connectivity index (χ2n) is 5.44. The number of aromatic nitrogens is 1. The molecule has 1 aliphatic carbocycles. The lowest BCUT2D eigenvalue weighted by Crippen LogP contribution is -2.35. The van der Waals surface area contributed by atoms with Gasteiger partial charge in [-0.3, -0.25) is 9.59 Å². The first-order chi connectivity index (χ1) is 10.1. The highest BCUT2D eigenvalue weighted by Crippen LogP contribution is 2.28. The average molecular weight is 291 g/mol. The number of amides is 2. The van der Waals surface area contributed by atoms with E-state index in [4.69, 9.17) is 5.11 Å². The summed E-state index contributed by atoms with van der Waals surface area (Å²) >= 11 is 0. The third kappa shape index (κ3) is 4.18. The normalized spacial score (nSPS) is 21.6. The van der Waals surface area contributed by atoms with Gasteiger partial charge in [-0.25, -0.2) is 4.98 Å². The van der Waals surface area contributed by atoms with E-state index in [1.807, 2.05) is 0 Å². The number of hydrogen-bond acceptors (Lipinski definition) is 4. The van der Waals surface area contributed by atoms with Gasteiger partial charge in [0.1, 0.15) is 11.4 Å². The molecular formula is C15H21N3O3. The minimum absolute atomic E-state index is 0.0408. The van der Waals surface area contributed by atoms with Gasteiger partial charge in [0.05, 0.1) is 6.20 Å². The molecule has 0 radical (unpaired) electrons. The minimum atomic E-state index is -0.233. The Balaban J connectivity index is 1.75. The molecule has 2 rings (SSSR count). The van der Waals surface area contributed by atoms with Crippen molar-refractivity contribution in [2.45, 2.75) is 25.7 Å². The molecule has 1 saturated carbocycles. The van der Waals surface area contributed by atoms with Crippen LogP contribution >= 0.6 is 0 Å². The van der Waals surface area contributed by atoms with Gasteiger partial charge in [-0.05, 0) is 43.7 Å². The zero-order valence-electron chi connectivity index (χ0n) is 12.1. The third-order valence-corrected chi connectivity index (χ3v) is 4.00. The topological polar surface area (TPSA) is 91.3 Å². The predicted molar refractivity (Wildman–Crippen MR) is 77.7 cm³/mol. The molecule has 1 aliphatic rings. The molecule has 0 spiro atoms. The summed E-state index contributed by atoms with van der Waals surface area (Å²) < 4.78 is 0. The van der Waals surface area contributed by atoms with Gasteiger partial charge >= 0.3 is 0 Å². The first kappa shape index (κ1) is 15.3. The highest BCUT2D eigenvalue weighted by molar-refractivity contribution is 5.92. The summed E-state index contributed by atoms with van der Waals surface area (Å²) in [5.41, 5.74) is 0.298. The van der Waals surface area contributed by atoms with Crippen molar-refractivity contribution in [1.82, 2.24) is 15.6 Å². The summed E-state index contributed by atoms with van der Waals surface area (Å²) in [6, 6.07) is 2.93. The van der Waals surface area contributed by atoms with Crippen molar-refractivity contribution >= 4 is 11.8 Å². The maximum absolute atomic E-state index is 11.9. The number of pyridine rings is 1. The Morgan fingerprint density at radius 1 is 1.29 bits per heavy atom. The second kappa shape index (κ2) is 7.06. The van der Waals surface area contributed by atoms with Crippen LogP contribution in [0.3, 0.4) is 0 Å². The Morgan fingerprint density at radius 3 is 2.57 bits per heavy atom. The Kier molecular flexibility index (Phi) is 5.14. The fourth-order valence-electron chi connectivity index (χ4n) is 2.68. The van der Waals surface area contributed by atoms with Gasteiger partial charge in [0.25, 0.3) is 5.91 Å². The molecule has 2 amide bonds. The van der Waals surface area contributed by atoms with Crippen LogP contribution in [0.4, 0.5) is 0 Å². The molecule has 6 heteroatoms. The number of nitrogens with zero attached hydrogens (tertiary/aromatic N) is 1. The van der Waals surface area contributed by atoms with Gasteiger partial charge < -0.3 is 15.7 Å². The Bertz CT molecular complexity index is 493. The smallest absolute Gasteiger partial charge is 0.269 e. The van der Waals surface area contributed by atoms with E-state index in [1.165, 1.54) is 18.3 Å². The van der Waals surface area contributed by atoms with Crippen molar-refractivity contribution in [2.75, 3.05) is 13.6 Å². The molecule has 6 nitrogen and oxygen atoms in total. The van der Waals surface area contributed by atoms with Gasteiger partial charge in [0, 0.05) is 19.5 Å². The van der Waals surface area contributed by atoms with Crippen molar-refractivity contribution in [3.63, 3.8) is 0 Å². The van der Waals surface area contributed by atoms with Gasteiger partial charge in [-0.15, -0.1) is 0 Å². The van der Waals surface area contributed by atoms with Crippen LogP contribution in [0, 0.1) is 11.8 Å². The fraction of sp³-hybridized carbons (Fsp3) is 0.533. The SMILES string of the molecule is CNC(=O)C1CCC(CNC(=O)c2ccc(O)cn2)CC1. The summed E-state index contributed by atoms with van der Waals surface area (Å²) in [4.78, 5) is 27.3. The van der Waals surface area contributed by atoms with E-state index >= 15 is 0 Å². The molecule has 21 heavy (non-hydrogen) atoms. The summed E-state index contributed by atoms with van der Waals surface area (Å²) in [7, 11) is 1.67. The summed E-state index contributed by atoms with van der Waals surface area (Å²) in [5, 5.41) is 14.7. The number of hydrogen-bond donors (Lipinski definition) is 3. The van der Waals surface area contributed by atoms with E-state index in [0.717, 1.165) is 25.7 Å². The number of rotatable bonds is 4. The number of nitrogens with one attached hydrogen (secondary N) is 2. The van der Waals surface area contributed by atoms with Crippen LogP contribution in [-0.4, -0.2) is 35.5 Å². The van der Waals surface area contributed by atoms with Crippen molar-refractivity contribution in [3.8, 4) is 5.75 Å². The van der Waals surface area contributed by atoms with Crippen LogP contribution in [0.1, 0.15) is 36.2 Å². The fourth-order valence-corrected chi connectivity index (χ4v) is 2.68. The lowest BCUT2D eigenvalue weighted by molar-refractivity contribution is -0.125. The van der Waals surface area contributed by atoms with Crippen LogP contribution in [-0.2, 0) is 4.79 Å². The molecule has 3 N–H and O–H groups in total. The Morgan fingerprint density at radius 2 is 2.00 bits per heavy atom. The monoisotopic (exact) mass is 291 g/mol. The molecule has 0 aromatic carbocycles. The Labute approximate surface area is 124 Å². The first-order valence-electron chi connectivity index (χ1n) is 7.25. The van der Waals surface area contributed by atoms with Crippen molar-refractivity contribution in [2.24, 2.45) is 11.8 Å². The summed E-state index contributed by atoms with van der Waals surface area (Å²) in [6.45, 7) is 0.599. The molecule has 114 valence electrons. The van der Waals surface area contributed by atoms with Gasteiger partial charge in [-0.2, -0.15) is 0 Å². The Hall–Kier alpha value is -2.11. The first-order valence-corrected chi connectivity index (χ1v) is 7.25. The molecule has 1 aromatic heterocycles. The molecule has 1 heterocycles. The molecule has 1 fully saturated rings. The summed E-state index contributed by atoms with van der Waals surface area (Å²) in [5.74, 6) is 0.445. The molecule has 0 atom stereocenters. The van der Waals surface area contributed by atoms with Crippen LogP contribution in [0.25, 0.3) is 0 Å². The maximum Gasteiger partial charge on any atom is 0.269 e. The average Bonchev–Trinajstić information content (AvgIpc) is 2.53. The van der Waals surface area contributed by atoms with Crippen LogP contribution in [0.5, 0.6) is 5.75 Å². The minimum Gasteiger partial charge on any atom is -0.506 e. The number of carbonyl (C=O) groups excluding carboxylic acids is 2. The van der Waals surface area contributed by atoms with E-state index in [1.54, 1.807) is 7.05 Å². The zero-order chi connectivity index (χ0) is 15.2. The predicted octanol–water partition coefficient (Wildman–Crippen LogP) is 1.07. The van der Waals surface area contributed by atoms with Crippen molar-refractivity contribution in [1.29, 1.82) is 0 Å². The molecule has 0 bridgehead atoms. The molecular weight excluding hydrogens is 270 g/mol. The van der Waals surface area contributed by atoms with Crippen molar-refractivity contribution < 1.29 is 14.7 Å². The van der Waals surface area contributed by atoms with Crippen LogP contribution in [0.2, 0.25) is 0 Å². The lowest BCUT2D eigenvalue weighted by atomic mass is 9.81. The highest BCUT2D eigenvalue weighted by Gasteiger charge is 2.25. The highest BCUT2D eigenvalue weighted by atomic mass is 16.3. The quantitative estimate of drug-likeness (QED) is 0.774. The van der Waals surface area contributed by atoms with E-state index in [-0.39, 0.29) is 23.5 Å². The number of aromatic hydroxyl groups is 1. The standard InChI is InChI=1S/C15H21N3O3/c1-16-14(20)11-4-2-10(3-5-11)8-18-15(21)13-7-6-12(19)9-17-13/h6-7,9-11,19H,2-5,8H2,1H3,(H,16,20)(H,18,21). The van der Waals surface area contributed by atoms with Crippen molar-refractivity contribution in [3.05, 3.63) is 24.0 Å². The van der Waals surface area contributed by atoms with E-state index in [9.17, 15) is 9.59 Å². The third-order valence-electron chi connectivity index (χ3n) is 4.00. The van der Waals surface area contributed by atoms with E-state index < -0.39 is 0 Å². The van der Waals surface area contributed by atoms with E-state index in [0.29, 0.717) is 18.2 Å². The molecule has 0 unspecified atom stereocenters. The van der Waals surface area contributed by atoms with E-state index in [2.05, 4.69) is 15.6 Å².